The van der Waals surface area contributed by atoms with E-state index in [1.54, 1.807) is 24.6 Å². The summed E-state index contributed by atoms with van der Waals surface area (Å²) < 4.78 is 5.16. The third kappa shape index (κ3) is 4.95. The van der Waals surface area contributed by atoms with Gasteiger partial charge >= 0.3 is 0 Å². The maximum atomic E-state index is 11.9. The largest absolute Gasteiger partial charge is 0.467 e. The van der Waals surface area contributed by atoms with E-state index in [1.165, 1.54) is 0 Å². The predicted molar refractivity (Wildman–Crippen MR) is 82.1 cm³/mol. The van der Waals surface area contributed by atoms with Gasteiger partial charge in [0.15, 0.2) is 0 Å². The number of aromatic nitrogens is 1. The molecule has 0 unspecified atom stereocenters. The number of carbonyl (C=O) groups excluding carboxylic acids is 1. The minimum absolute atomic E-state index is 0.208. The van der Waals surface area contributed by atoms with E-state index in [-0.39, 0.29) is 5.91 Å². The van der Waals surface area contributed by atoms with Crippen molar-refractivity contribution in [3.63, 3.8) is 0 Å². The minimum Gasteiger partial charge on any atom is -0.467 e. The van der Waals surface area contributed by atoms with Crippen LogP contribution in [0, 0.1) is 5.92 Å². The topological polar surface area (TPSA) is 67.2 Å². The van der Waals surface area contributed by atoms with Gasteiger partial charge in [-0.15, -0.1) is 0 Å². The fraction of sp³-hybridized carbons (Fsp3) is 0.375. The van der Waals surface area contributed by atoms with Crippen LogP contribution in [0.15, 0.2) is 41.1 Å². The Morgan fingerprint density at radius 3 is 2.81 bits per heavy atom. The number of rotatable bonds is 7. The SMILES string of the molecule is CC(C)CCNc1ccc(C(=O)NCc2ccco2)nc1. The summed E-state index contributed by atoms with van der Waals surface area (Å²) in [6.45, 7) is 5.64. The van der Waals surface area contributed by atoms with Gasteiger partial charge in [-0.1, -0.05) is 13.8 Å². The normalized spacial score (nSPS) is 10.6. The molecule has 2 heterocycles. The summed E-state index contributed by atoms with van der Waals surface area (Å²) in [7, 11) is 0. The molecule has 0 aliphatic heterocycles. The number of furan rings is 1. The molecule has 21 heavy (non-hydrogen) atoms. The van der Waals surface area contributed by atoms with Gasteiger partial charge in [0, 0.05) is 6.54 Å². The molecule has 0 aliphatic carbocycles. The van der Waals surface area contributed by atoms with Crippen molar-refractivity contribution in [2.45, 2.75) is 26.8 Å². The van der Waals surface area contributed by atoms with Crippen molar-refractivity contribution >= 4 is 11.6 Å². The summed E-state index contributed by atoms with van der Waals surface area (Å²) in [6, 6.07) is 7.19. The van der Waals surface area contributed by atoms with Gasteiger partial charge in [-0.05, 0) is 36.6 Å². The van der Waals surface area contributed by atoms with Crippen molar-refractivity contribution in [2.24, 2.45) is 5.92 Å². The van der Waals surface area contributed by atoms with E-state index in [0.717, 1.165) is 24.4 Å². The first-order valence-corrected chi connectivity index (χ1v) is 7.15. The van der Waals surface area contributed by atoms with Gasteiger partial charge < -0.3 is 15.1 Å². The summed E-state index contributed by atoms with van der Waals surface area (Å²) in [6.07, 6.45) is 4.37. The molecule has 5 heteroatoms. The van der Waals surface area contributed by atoms with Crippen LogP contribution in [0.25, 0.3) is 0 Å². The molecule has 2 rings (SSSR count). The molecule has 0 radical (unpaired) electrons. The molecule has 0 spiro atoms. The highest BCUT2D eigenvalue weighted by atomic mass is 16.3. The van der Waals surface area contributed by atoms with E-state index >= 15 is 0 Å². The summed E-state index contributed by atoms with van der Waals surface area (Å²) in [5.41, 5.74) is 1.33. The van der Waals surface area contributed by atoms with Gasteiger partial charge in [0.25, 0.3) is 5.91 Å². The lowest BCUT2D eigenvalue weighted by Crippen LogP contribution is -2.23. The summed E-state index contributed by atoms with van der Waals surface area (Å²) in [4.78, 5) is 16.1. The molecule has 2 aromatic heterocycles. The molecular weight excluding hydrogens is 266 g/mol. The van der Waals surface area contributed by atoms with Crippen molar-refractivity contribution in [3.05, 3.63) is 48.2 Å². The van der Waals surface area contributed by atoms with Gasteiger partial charge in [0.1, 0.15) is 11.5 Å². The van der Waals surface area contributed by atoms with Crippen LogP contribution in [-0.4, -0.2) is 17.4 Å². The van der Waals surface area contributed by atoms with Crippen molar-refractivity contribution in [2.75, 3.05) is 11.9 Å². The highest BCUT2D eigenvalue weighted by Crippen LogP contribution is 2.08. The number of hydrogen-bond donors (Lipinski definition) is 2. The van der Waals surface area contributed by atoms with Crippen molar-refractivity contribution in [1.82, 2.24) is 10.3 Å². The van der Waals surface area contributed by atoms with E-state index in [2.05, 4.69) is 29.5 Å². The predicted octanol–water partition coefficient (Wildman–Crippen LogP) is 3.06. The molecule has 0 aliphatic rings. The molecule has 2 N–H and O–H groups in total. The van der Waals surface area contributed by atoms with Crippen LogP contribution in [0.1, 0.15) is 36.5 Å². The Labute approximate surface area is 124 Å². The quantitative estimate of drug-likeness (QED) is 0.821. The molecule has 5 nitrogen and oxygen atoms in total. The maximum absolute atomic E-state index is 11.9. The fourth-order valence-corrected chi connectivity index (χ4v) is 1.81. The Bertz CT molecular complexity index is 547. The second-order valence-corrected chi connectivity index (χ2v) is 5.30. The van der Waals surface area contributed by atoms with Gasteiger partial charge in [-0.2, -0.15) is 0 Å². The van der Waals surface area contributed by atoms with Gasteiger partial charge in [0.05, 0.1) is 24.7 Å². The van der Waals surface area contributed by atoms with Crippen LogP contribution >= 0.6 is 0 Å². The molecule has 2 aromatic rings. The first kappa shape index (κ1) is 15.1. The number of anilines is 1. The molecule has 0 aromatic carbocycles. The maximum Gasteiger partial charge on any atom is 0.270 e. The zero-order chi connectivity index (χ0) is 15.1. The van der Waals surface area contributed by atoms with Crippen molar-refractivity contribution in [1.29, 1.82) is 0 Å². The number of amides is 1. The standard InChI is InChI=1S/C16H21N3O2/c1-12(2)7-8-17-13-5-6-15(18-10-13)16(20)19-11-14-4-3-9-21-14/h3-6,9-10,12,17H,7-8,11H2,1-2H3,(H,19,20). The van der Waals surface area contributed by atoms with Crippen LogP contribution in [0.3, 0.4) is 0 Å². The Balaban J connectivity index is 1.82. The molecule has 112 valence electrons. The van der Waals surface area contributed by atoms with E-state index < -0.39 is 0 Å². The molecule has 0 saturated heterocycles. The highest BCUT2D eigenvalue weighted by molar-refractivity contribution is 5.92. The first-order chi connectivity index (χ1) is 10.1. The molecule has 0 bridgehead atoms. The van der Waals surface area contributed by atoms with Crippen LogP contribution in [0.5, 0.6) is 0 Å². The molecule has 0 fully saturated rings. The summed E-state index contributed by atoms with van der Waals surface area (Å²) >= 11 is 0. The number of pyridine rings is 1. The lowest BCUT2D eigenvalue weighted by atomic mass is 10.1. The number of nitrogens with one attached hydrogen (secondary N) is 2. The van der Waals surface area contributed by atoms with Crippen molar-refractivity contribution < 1.29 is 9.21 Å². The average molecular weight is 287 g/mol. The molecule has 0 saturated carbocycles. The zero-order valence-corrected chi connectivity index (χ0v) is 12.4. The van der Waals surface area contributed by atoms with Crippen LogP contribution < -0.4 is 10.6 Å². The lowest BCUT2D eigenvalue weighted by Gasteiger charge is -2.08. The van der Waals surface area contributed by atoms with Gasteiger partial charge in [-0.3, -0.25) is 4.79 Å². The number of carbonyl (C=O) groups is 1. The van der Waals surface area contributed by atoms with Crippen LogP contribution in [-0.2, 0) is 6.54 Å². The third-order valence-electron chi connectivity index (χ3n) is 3.05. The van der Waals surface area contributed by atoms with Crippen molar-refractivity contribution in [3.8, 4) is 0 Å². The Kier molecular flexibility index (Phi) is 5.37. The average Bonchev–Trinajstić information content (AvgIpc) is 2.98. The number of hydrogen-bond acceptors (Lipinski definition) is 4. The smallest absolute Gasteiger partial charge is 0.270 e. The van der Waals surface area contributed by atoms with E-state index in [1.807, 2.05) is 12.1 Å². The summed E-state index contributed by atoms with van der Waals surface area (Å²) in [5.74, 6) is 1.17. The highest BCUT2D eigenvalue weighted by Gasteiger charge is 2.07. The summed E-state index contributed by atoms with van der Waals surface area (Å²) in [5, 5.41) is 6.05. The Hall–Kier alpha value is -2.30. The second-order valence-electron chi connectivity index (χ2n) is 5.30. The lowest BCUT2D eigenvalue weighted by molar-refractivity contribution is 0.0943. The monoisotopic (exact) mass is 287 g/mol. The Morgan fingerprint density at radius 2 is 2.19 bits per heavy atom. The van der Waals surface area contributed by atoms with E-state index in [9.17, 15) is 4.79 Å². The molecule has 0 atom stereocenters. The molecular formula is C16H21N3O2. The van der Waals surface area contributed by atoms with Gasteiger partial charge in [0.2, 0.25) is 0 Å². The fourth-order valence-electron chi connectivity index (χ4n) is 1.81. The second kappa shape index (κ2) is 7.47. The Morgan fingerprint density at radius 1 is 1.33 bits per heavy atom. The zero-order valence-electron chi connectivity index (χ0n) is 12.4. The third-order valence-corrected chi connectivity index (χ3v) is 3.05. The van der Waals surface area contributed by atoms with Crippen LogP contribution in [0.4, 0.5) is 5.69 Å². The van der Waals surface area contributed by atoms with E-state index in [0.29, 0.717) is 18.2 Å². The first-order valence-electron chi connectivity index (χ1n) is 7.15. The minimum atomic E-state index is -0.208. The van der Waals surface area contributed by atoms with Gasteiger partial charge in [-0.25, -0.2) is 4.98 Å². The number of nitrogens with zero attached hydrogens (tertiary/aromatic N) is 1. The van der Waals surface area contributed by atoms with E-state index in [4.69, 9.17) is 4.42 Å². The van der Waals surface area contributed by atoms with Crippen LogP contribution in [0.2, 0.25) is 0 Å². The molecule has 1 amide bonds.